The van der Waals surface area contributed by atoms with Gasteiger partial charge in [-0.05, 0) is 42.9 Å². The van der Waals surface area contributed by atoms with Crippen LogP contribution in [0.3, 0.4) is 0 Å². The lowest BCUT2D eigenvalue weighted by atomic mass is 9.83. The van der Waals surface area contributed by atoms with E-state index >= 15 is 0 Å². The molecule has 0 fully saturated rings. The third kappa shape index (κ3) is 9.96. The summed E-state index contributed by atoms with van der Waals surface area (Å²) in [6.45, 7) is 2.30. The minimum Gasteiger partial charge on any atom is -0.358 e. The number of hydrogen-bond acceptors (Lipinski definition) is 0. The molecule has 1 N–H and O–H groups in total. The first-order valence-corrected chi connectivity index (χ1v) is 15.4. The van der Waals surface area contributed by atoms with Gasteiger partial charge in [0.25, 0.3) is 0 Å². The van der Waals surface area contributed by atoms with Crippen molar-refractivity contribution in [3.05, 3.63) is 34.5 Å². The Morgan fingerprint density at radius 2 is 1.26 bits per heavy atom. The van der Waals surface area contributed by atoms with Crippen LogP contribution in [0.2, 0.25) is 5.02 Å². The Bertz CT molecular complexity index is 792. The van der Waals surface area contributed by atoms with Gasteiger partial charge in [-0.1, -0.05) is 147 Å². The zero-order valence-corrected chi connectivity index (χ0v) is 23.0. The smallest absolute Gasteiger partial charge is 0.0473 e. The molecule has 1 unspecified atom stereocenters. The number of nitrogens with one attached hydrogen (secondary N) is 1. The van der Waals surface area contributed by atoms with Crippen LogP contribution in [-0.4, -0.2) is 4.98 Å². The van der Waals surface area contributed by atoms with Crippen LogP contribution in [0.4, 0.5) is 0 Å². The quantitative estimate of drug-likeness (QED) is 0.190. The fraction of sp³-hybridized carbons (Fsp3) is 0.750. The van der Waals surface area contributed by atoms with Crippen LogP contribution in [0.1, 0.15) is 147 Å². The van der Waals surface area contributed by atoms with Gasteiger partial charge in [0, 0.05) is 21.6 Å². The summed E-state index contributed by atoms with van der Waals surface area (Å²) in [5.41, 5.74) is 4.27. The Balaban J connectivity index is 1.10. The van der Waals surface area contributed by atoms with Crippen molar-refractivity contribution in [2.45, 2.75) is 148 Å². The number of fused-ring (bicyclic) bond motifs is 3. The topological polar surface area (TPSA) is 15.8 Å². The summed E-state index contributed by atoms with van der Waals surface area (Å²) in [5.74, 6) is 0.878. The van der Waals surface area contributed by atoms with Gasteiger partial charge in [-0.2, -0.15) is 0 Å². The van der Waals surface area contributed by atoms with Crippen molar-refractivity contribution < 1.29 is 0 Å². The molecular weight excluding hydrogens is 434 g/mol. The number of H-pyrrole nitrogens is 1. The highest BCUT2D eigenvalue weighted by molar-refractivity contribution is 6.31. The molecule has 0 aliphatic heterocycles. The first-order valence-electron chi connectivity index (χ1n) is 15.1. The van der Waals surface area contributed by atoms with Gasteiger partial charge in [0.2, 0.25) is 0 Å². The van der Waals surface area contributed by atoms with Crippen LogP contribution in [-0.2, 0) is 12.8 Å². The minimum absolute atomic E-state index is 0.835. The van der Waals surface area contributed by atoms with E-state index in [2.05, 4.69) is 24.0 Å². The van der Waals surface area contributed by atoms with Crippen LogP contribution in [0.15, 0.2) is 18.2 Å². The molecule has 2 aromatic rings. The molecule has 1 atom stereocenters. The van der Waals surface area contributed by atoms with Crippen LogP contribution in [0, 0.1) is 5.92 Å². The SMILES string of the molecule is CCCCCCCCCCCCCCCCCCCCC1CCc2[nH]c3cc(Cl)ccc3c2C1. The number of aryl methyl sites for hydroxylation is 1. The van der Waals surface area contributed by atoms with E-state index in [4.69, 9.17) is 11.6 Å². The standard InChI is InChI=1S/C32H52ClN/c1-2-3-4-5-6-7-8-9-10-11-12-13-14-15-16-17-18-19-20-27-21-24-31-30(25-27)29-23-22-28(33)26-32(29)34-31/h22-23,26-27,34H,2-21,24-25H2,1H3. The molecule has 1 aromatic heterocycles. The van der Waals surface area contributed by atoms with E-state index in [-0.39, 0.29) is 0 Å². The first-order chi connectivity index (χ1) is 16.8. The van der Waals surface area contributed by atoms with Crippen molar-refractivity contribution in [2.75, 3.05) is 0 Å². The average molecular weight is 486 g/mol. The molecule has 1 aromatic carbocycles. The maximum atomic E-state index is 6.18. The lowest BCUT2D eigenvalue weighted by molar-refractivity contribution is 0.403. The summed E-state index contributed by atoms with van der Waals surface area (Å²) < 4.78 is 0. The van der Waals surface area contributed by atoms with Crippen molar-refractivity contribution in [2.24, 2.45) is 5.92 Å². The second kappa shape index (κ2) is 16.7. The highest BCUT2D eigenvalue weighted by Crippen LogP contribution is 2.34. The summed E-state index contributed by atoms with van der Waals surface area (Å²) in [4.78, 5) is 3.62. The van der Waals surface area contributed by atoms with E-state index in [0.717, 1.165) is 10.9 Å². The zero-order valence-electron chi connectivity index (χ0n) is 22.2. The molecule has 0 radical (unpaired) electrons. The number of aromatic amines is 1. The highest BCUT2D eigenvalue weighted by Gasteiger charge is 2.22. The molecular formula is C32H52ClN. The highest BCUT2D eigenvalue weighted by atomic mass is 35.5. The number of unbranched alkanes of at least 4 members (excludes halogenated alkanes) is 17. The monoisotopic (exact) mass is 485 g/mol. The maximum Gasteiger partial charge on any atom is 0.0473 e. The predicted octanol–water partition coefficient (Wildman–Crippen LogP) is 11.4. The van der Waals surface area contributed by atoms with Crippen molar-refractivity contribution in [3.63, 3.8) is 0 Å². The van der Waals surface area contributed by atoms with Crippen LogP contribution in [0.5, 0.6) is 0 Å². The van der Waals surface area contributed by atoms with Crippen LogP contribution in [0.25, 0.3) is 10.9 Å². The number of benzene rings is 1. The maximum absolute atomic E-state index is 6.18. The second-order valence-corrected chi connectivity index (χ2v) is 11.6. The Morgan fingerprint density at radius 3 is 1.82 bits per heavy atom. The average Bonchev–Trinajstić information content (AvgIpc) is 3.20. The van der Waals surface area contributed by atoms with Crippen molar-refractivity contribution in [3.8, 4) is 0 Å². The molecule has 1 heterocycles. The fourth-order valence-corrected chi connectivity index (χ4v) is 6.22. The van der Waals surface area contributed by atoms with Crippen LogP contribution >= 0.6 is 11.6 Å². The summed E-state index contributed by atoms with van der Waals surface area (Å²) in [7, 11) is 0. The van der Waals surface area contributed by atoms with Gasteiger partial charge in [-0.3, -0.25) is 0 Å². The van der Waals surface area contributed by atoms with Gasteiger partial charge < -0.3 is 4.98 Å². The second-order valence-electron chi connectivity index (χ2n) is 11.2. The molecule has 0 saturated heterocycles. The van der Waals surface area contributed by atoms with Gasteiger partial charge in [0.15, 0.2) is 0 Å². The third-order valence-electron chi connectivity index (χ3n) is 8.22. The molecule has 1 nitrogen and oxygen atoms in total. The lowest BCUT2D eigenvalue weighted by Gasteiger charge is -2.22. The lowest BCUT2D eigenvalue weighted by Crippen LogP contribution is -2.13. The van der Waals surface area contributed by atoms with Gasteiger partial charge in [-0.25, -0.2) is 0 Å². The third-order valence-corrected chi connectivity index (χ3v) is 8.45. The zero-order chi connectivity index (χ0) is 23.8. The first kappa shape index (κ1) is 27.6. The Kier molecular flexibility index (Phi) is 13.6. The van der Waals surface area contributed by atoms with E-state index in [0.29, 0.717) is 0 Å². The number of halogens is 1. The summed E-state index contributed by atoms with van der Waals surface area (Å²) in [6.07, 6.45) is 31.5. The summed E-state index contributed by atoms with van der Waals surface area (Å²) in [6, 6.07) is 6.34. The Morgan fingerprint density at radius 1 is 0.735 bits per heavy atom. The van der Waals surface area contributed by atoms with Crippen molar-refractivity contribution in [1.29, 1.82) is 0 Å². The Labute approximate surface area is 215 Å². The van der Waals surface area contributed by atoms with E-state index in [1.165, 1.54) is 158 Å². The number of hydrogen-bond donors (Lipinski definition) is 1. The Hall–Kier alpha value is -0.950. The predicted molar refractivity (Wildman–Crippen MR) is 152 cm³/mol. The summed E-state index contributed by atoms with van der Waals surface area (Å²) in [5, 5.41) is 2.24. The number of aromatic nitrogens is 1. The van der Waals surface area contributed by atoms with E-state index in [1.54, 1.807) is 5.56 Å². The summed E-state index contributed by atoms with van der Waals surface area (Å²) >= 11 is 6.18. The van der Waals surface area contributed by atoms with Gasteiger partial charge in [-0.15, -0.1) is 0 Å². The van der Waals surface area contributed by atoms with Gasteiger partial charge in [0.1, 0.15) is 0 Å². The van der Waals surface area contributed by atoms with Crippen molar-refractivity contribution >= 4 is 22.5 Å². The van der Waals surface area contributed by atoms with E-state index in [9.17, 15) is 0 Å². The molecule has 0 amide bonds. The minimum atomic E-state index is 0.835. The van der Waals surface area contributed by atoms with Crippen molar-refractivity contribution in [1.82, 2.24) is 4.98 Å². The molecule has 192 valence electrons. The van der Waals surface area contributed by atoms with Gasteiger partial charge >= 0.3 is 0 Å². The molecule has 1 aliphatic carbocycles. The van der Waals surface area contributed by atoms with E-state index < -0.39 is 0 Å². The molecule has 0 saturated carbocycles. The van der Waals surface area contributed by atoms with E-state index in [1.807, 2.05) is 6.07 Å². The molecule has 1 aliphatic rings. The normalized spacial score (nSPS) is 15.8. The fourth-order valence-electron chi connectivity index (χ4n) is 6.05. The van der Waals surface area contributed by atoms with Gasteiger partial charge in [0.05, 0.1) is 0 Å². The largest absolute Gasteiger partial charge is 0.358 e. The number of rotatable bonds is 19. The molecule has 0 spiro atoms. The molecule has 2 heteroatoms. The molecule has 34 heavy (non-hydrogen) atoms. The molecule has 3 rings (SSSR count). The molecule has 0 bridgehead atoms. The van der Waals surface area contributed by atoms with Crippen LogP contribution < -0.4 is 0 Å².